The SMILES string of the molecule is CC[C@H](C)[C@@H]([C@@H](CC(=O)N1CCC[C@H]1[C@H](OC)[C@@H](C)C(=O)C[C@@H](Cc1ccccc1)C(=O)O)OC)N(C)C.CSC1CC(=O)N(CCCCCC(=O)N[C@H](C(=O)C[C@@H](CCCNC(N)=O)C(=O)Nc2ccc(COC(=O)N(C)[C@H](C(=O)CC(C(C)=O)C(C)C)C(C)C)cc2)C(C)C)C1=O. The smallest absolute Gasteiger partial charge is 0.410 e. The number of methoxy groups -OCH3 is 2. The number of carbonyl (C=O) groups excluding carboxylic acids is 11. The first-order valence-corrected chi connectivity index (χ1v) is 36.4. The molecule has 0 aliphatic carbocycles. The van der Waals surface area contributed by atoms with E-state index in [0.717, 1.165) is 24.8 Å². The maximum absolute atomic E-state index is 13.7. The number of likely N-dealkylation sites (N-methyl/N-ethyl adjacent to an activating group) is 2. The minimum atomic E-state index is -0.983. The molecule has 2 unspecified atom stereocenters. The lowest BCUT2D eigenvalue weighted by Crippen LogP contribution is -2.51. The number of likely N-dealkylation sites (tertiary alicyclic amines) is 2. The van der Waals surface area contributed by atoms with Crippen LogP contribution in [0.2, 0.25) is 0 Å². The van der Waals surface area contributed by atoms with E-state index in [4.69, 9.17) is 19.9 Å². The molecule has 25 heteroatoms. The molecule has 554 valence electrons. The molecule has 2 aliphatic heterocycles. The maximum atomic E-state index is 13.7. The zero-order chi connectivity index (χ0) is 74.4. The number of aliphatic carboxylic acids is 1. The van der Waals surface area contributed by atoms with E-state index in [0.29, 0.717) is 62.4 Å². The molecule has 4 rings (SSSR count). The molecule has 8 amide bonds. The standard InChI is InChI=1S/C44H68N6O10S.C30H48N2O6/c1-26(2)33(29(7)51)23-35(53)40(28(5)6)49(8)44(59)60-25-30-16-18-32(19-17-30)47-41(56)31(14-13-20-46-43(45)58)22-34(52)39(27(3)4)48-37(54)15-11-10-12-21-50-38(55)24-36(61-9)42(50)57;1-8-20(2)28(31(4)5)26(37-6)19-27(34)32-16-12-15-24(32)29(38-7)21(3)25(33)18-23(30(35)36)17-22-13-10-9-11-14-22/h16-19,26-28,31,33,36,39-40H,10-15,20-25H2,1-9H3,(H,47,56)(H,48,54)(H3,45,46,58);9-11,13-14,20-21,23-24,26,28-29H,8,12,15-19H2,1-7H3,(H,35,36)/t31-,33?,36?,39+,40+;20-,21-,23+,24-,26+,28-,29+/m10/s1. The molecule has 0 radical (unpaired) electrons. The average Bonchev–Trinajstić information content (AvgIpc) is 1.76. The molecular weight excluding hydrogens is 1290 g/mol. The van der Waals surface area contributed by atoms with Crippen LogP contribution in [0.4, 0.5) is 15.3 Å². The van der Waals surface area contributed by atoms with Crippen molar-refractivity contribution in [2.75, 3.05) is 66.6 Å². The lowest BCUT2D eigenvalue weighted by Gasteiger charge is -2.38. The molecule has 0 saturated carbocycles. The van der Waals surface area contributed by atoms with Crippen LogP contribution >= 0.6 is 11.8 Å². The Morgan fingerprint density at radius 1 is 0.758 bits per heavy atom. The van der Waals surface area contributed by atoms with E-state index in [1.165, 1.54) is 35.5 Å². The van der Waals surface area contributed by atoms with Crippen molar-refractivity contribution in [1.82, 2.24) is 30.2 Å². The Morgan fingerprint density at radius 3 is 1.94 bits per heavy atom. The molecule has 2 heterocycles. The summed E-state index contributed by atoms with van der Waals surface area (Å²) in [7, 11) is 8.76. The van der Waals surface area contributed by atoms with Gasteiger partial charge in [0.05, 0.1) is 47.9 Å². The maximum Gasteiger partial charge on any atom is 0.410 e. The molecule has 2 aromatic rings. The van der Waals surface area contributed by atoms with Crippen molar-refractivity contribution in [3.05, 3.63) is 65.7 Å². The summed E-state index contributed by atoms with van der Waals surface area (Å²) in [6, 6.07) is 13.5. The van der Waals surface area contributed by atoms with Gasteiger partial charge in [0.15, 0.2) is 11.6 Å². The van der Waals surface area contributed by atoms with Gasteiger partial charge in [0.2, 0.25) is 29.5 Å². The number of Topliss-reactive ketones (excluding diaryl/α,β-unsaturated/α-hetero) is 4. The number of ketones is 4. The number of benzene rings is 2. The Bertz CT molecular complexity index is 2970. The number of hydrogen-bond donors (Lipinski definition) is 5. The van der Waals surface area contributed by atoms with Gasteiger partial charge in [-0.1, -0.05) is 118 Å². The van der Waals surface area contributed by atoms with Crippen LogP contribution in [0, 0.1) is 47.3 Å². The third kappa shape index (κ3) is 27.8. The third-order valence-corrected chi connectivity index (χ3v) is 20.2. The van der Waals surface area contributed by atoms with Crippen LogP contribution in [0.3, 0.4) is 0 Å². The number of carboxylic acid groups (broad SMARTS) is 1. The second kappa shape index (κ2) is 43.5. The number of rotatable bonds is 43. The van der Waals surface area contributed by atoms with E-state index in [1.807, 2.05) is 77.0 Å². The highest BCUT2D eigenvalue weighted by molar-refractivity contribution is 8.00. The quantitative estimate of drug-likeness (QED) is 0.0305. The summed E-state index contributed by atoms with van der Waals surface area (Å²) >= 11 is 1.36. The average molecular weight is 1410 g/mol. The summed E-state index contributed by atoms with van der Waals surface area (Å²) in [5.74, 6) is -5.56. The zero-order valence-corrected chi connectivity index (χ0v) is 62.5. The molecule has 6 N–H and O–H groups in total. The van der Waals surface area contributed by atoms with Crippen molar-refractivity contribution < 1.29 is 76.9 Å². The molecule has 0 bridgehead atoms. The number of imide groups is 1. The van der Waals surface area contributed by atoms with Gasteiger partial charge >= 0.3 is 18.1 Å². The van der Waals surface area contributed by atoms with Gasteiger partial charge in [0.25, 0.3) is 0 Å². The Morgan fingerprint density at radius 2 is 1.40 bits per heavy atom. The number of nitrogens with zero attached hydrogens (tertiary/aromatic N) is 4. The van der Waals surface area contributed by atoms with Crippen LogP contribution in [0.15, 0.2) is 54.6 Å². The molecule has 0 aromatic heterocycles. The van der Waals surface area contributed by atoms with Crippen molar-refractivity contribution in [2.24, 2.45) is 53.1 Å². The predicted molar refractivity (Wildman–Crippen MR) is 382 cm³/mol. The zero-order valence-electron chi connectivity index (χ0n) is 61.6. The monoisotopic (exact) mass is 1400 g/mol. The summed E-state index contributed by atoms with van der Waals surface area (Å²) in [5, 5.41) is 17.6. The van der Waals surface area contributed by atoms with Crippen molar-refractivity contribution in [3.63, 3.8) is 0 Å². The molecular formula is C74H116N8O16S. The van der Waals surface area contributed by atoms with Gasteiger partial charge in [-0.15, -0.1) is 0 Å². The number of amides is 8. The van der Waals surface area contributed by atoms with Gasteiger partial charge in [0, 0.05) is 102 Å². The minimum Gasteiger partial charge on any atom is -0.481 e. The summed E-state index contributed by atoms with van der Waals surface area (Å²) in [6.45, 7) is 19.6. The number of nitrogens with two attached hydrogens (primary N) is 1. The van der Waals surface area contributed by atoms with E-state index < -0.39 is 65.9 Å². The highest BCUT2D eigenvalue weighted by atomic mass is 32.2. The van der Waals surface area contributed by atoms with Crippen molar-refractivity contribution >= 4 is 88.2 Å². The van der Waals surface area contributed by atoms with E-state index in [1.54, 1.807) is 65.5 Å². The molecule has 24 nitrogen and oxygen atoms in total. The van der Waals surface area contributed by atoms with Crippen LogP contribution in [-0.2, 0) is 75.2 Å². The molecule has 0 spiro atoms. The number of hydrogen-bond acceptors (Lipinski definition) is 17. The highest BCUT2D eigenvalue weighted by Gasteiger charge is 2.43. The predicted octanol–water partition coefficient (Wildman–Crippen LogP) is 9.17. The molecule has 2 saturated heterocycles. The molecule has 99 heavy (non-hydrogen) atoms. The van der Waals surface area contributed by atoms with Crippen LogP contribution < -0.4 is 21.7 Å². The number of nitrogens with one attached hydrogen (secondary N) is 3. The van der Waals surface area contributed by atoms with Crippen molar-refractivity contribution in [1.29, 1.82) is 0 Å². The second-order valence-corrected chi connectivity index (χ2v) is 28.9. The molecule has 2 aromatic carbocycles. The lowest BCUT2D eigenvalue weighted by atomic mass is 9.84. The van der Waals surface area contributed by atoms with Crippen LogP contribution in [0.1, 0.15) is 170 Å². The number of thioether (sulfide) groups is 1. The van der Waals surface area contributed by atoms with Crippen LogP contribution in [-0.4, -0.2) is 198 Å². The Kier molecular flexibility index (Phi) is 37.9. The second-order valence-electron chi connectivity index (χ2n) is 27.9. The van der Waals surface area contributed by atoms with Gasteiger partial charge in [-0.2, -0.15) is 11.8 Å². The van der Waals surface area contributed by atoms with Gasteiger partial charge in [-0.25, -0.2) is 9.59 Å². The third-order valence-electron chi connectivity index (χ3n) is 19.2. The topological polar surface area (TPSA) is 328 Å². The number of ether oxygens (including phenoxy) is 3. The number of carbonyl (C=O) groups is 12. The van der Waals surface area contributed by atoms with E-state index >= 15 is 0 Å². The van der Waals surface area contributed by atoms with Gasteiger partial charge in [0.1, 0.15) is 18.2 Å². The fraction of sp³-hybridized carbons (Fsp3) is 0.676. The van der Waals surface area contributed by atoms with Crippen molar-refractivity contribution in [2.45, 2.75) is 214 Å². The fourth-order valence-electron chi connectivity index (χ4n) is 13.4. The van der Waals surface area contributed by atoms with E-state index in [-0.39, 0.29) is 146 Å². The van der Waals surface area contributed by atoms with Crippen LogP contribution in [0.25, 0.3) is 0 Å². The highest BCUT2D eigenvalue weighted by Crippen LogP contribution is 2.32. The number of anilines is 1. The first kappa shape index (κ1) is 86.1. The summed E-state index contributed by atoms with van der Waals surface area (Å²) in [5.41, 5.74) is 7.13. The number of urea groups is 1. The summed E-state index contributed by atoms with van der Waals surface area (Å²) in [6.07, 6.45) is 5.92. The van der Waals surface area contributed by atoms with Crippen molar-refractivity contribution in [3.8, 4) is 0 Å². The van der Waals surface area contributed by atoms with E-state index in [9.17, 15) is 62.6 Å². The molecule has 2 aliphatic rings. The normalized spacial score (nSPS) is 17.7. The van der Waals surface area contributed by atoms with Gasteiger partial charge in [-0.05, 0) is 119 Å². The fourth-order valence-corrected chi connectivity index (χ4v) is 14.1. The minimum absolute atomic E-state index is 0.00342. The Labute approximate surface area is 591 Å². The number of primary amides is 1. The molecule has 2 fully saturated rings. The Hall–Kier alpha value is -7.09. The molecule has 12 atom stereocenters. The first-order valence-electron chi connectivity index (χ1n) is 35.1. The number of unbranched alkanes of at least 4 members (excludes halogenated alkanes) is 2. The largest absolute Gasteiger partial charge is 0.481 e. The van der Waals surface area contributed by atoms with E-state index in [2.05, 4.69) is 34.7 Å². The summed E-state index contributed by atoms with van der Waals surface area (Å²) < 4.78 is 17.2. The Balaban J connectivity index is 0.000000573. The van der Waals surface area contributed by atoms with Gasteiger partial charge in [-0.3, -0.25) is 52.8 Å². The summed E-state index contributed by atoms with van der Waals surface area (Å²) in [4.78, 5) is 160. The first-order chi connectivity index (χ1) is 46.7. The van der Waals surface area contributed by atoms with Crippen LogP contribution in [0.5, 0.6) is 0 Å². The number of carboxylic acids is 1. The van der Waals surface area contributed by atoms with Gasteiger partial charge < -0.3 is 55.7 Å². The lowest BCUT2D eigenvalue weighted by molar-refractivity contribution is -0.146.